The number of hydrogen-bond acceptors (Lipinski definition) is 4. The monoisotopic (exact) mass is 363 g/mol. The van der Waals surface area contributed by atoms with Crippen molar-refractivity contribution in [1.29, 1.82) is 0 Å². The summed E-state index contributed by atoms with van der Waals surface area (Å²) in [5, 5.41) is 4.29. The Morgan fingerprint density at radius 3 is 2.64 bits per heavy atom. The second kappa shape index (κ2) is 8.50. The van der Waals surface area contributed by atoms with E-state index in [2.05, 4.69) is 24.1 Å². The van der Waals surface area contributed by atoms with Gasteiger partial charge in [-0.05, 0) is 58.4 Å². The van der Waals surface area contributed by atoms with E-state index in [0.29, 0.717) is 24.5 Å². The Balaban J connectivity index is 1.91. The van der Waals surface area contributed by atoms with Gasteiger partial charge in [0.1, 0.15) is 5.69 Å². The number of rotatable bonds is 8. The molecule has 0 unspecified atom stereocenters. The van der Waals surface area contributed by atoms with Gasteiger partial charge in [0, 0.05) is 17.1 Å². The van der Waals surface area contributed by atoms with E-state index in [-0.39, 0.29) is 11.5 Å². The molecule has 0 bridgehead atoms. The molecule has 0 atom stereocenters. The molecule has 0 radical (unpaired) electrons. The van der Waals surface area contributed by atoms with Crippen molar-refractivity contribution in [2.24, 2.45) is 0 Å². The molecule has 5 nitrogen and oxygen atoms in total. The first-order valence-corrected chi connectivity index (χ1v) is 8.93. The van der Waals surface area contributed by atoms with Crippen molar-refractivity contribution in [3.8, 4) is 0 Å². The highest BCUT2D eigenvalue weighted by Gasteiger charge is 2.20. The molecule has 6 heteroatoms. The summed E-state index contributed by atoms with van der Waals surface area (Å²) in [7, 11) is 0. The standard InChI is InChI=1S/C19H26ClN3O2/c1-5-25-18(24)17-14(2)21-13-23(17)12-6-11-22-19(3,4)15-7-9-16(20)10-8-15/h7-10,13,22H,5-6,11-12H2,1-4H3. The number of carbonyl (C=O) groups is 1. The lowest BCUT2D eigenvalue weighted by Crippen LogP contribution is -2.37. The molecular weight excluding hydrogens is 338 g/mol. The van der Waals surface area contributed by atoms with Crippen LogP contribution in [0.15, 0.2) is 30.6 Å². The summed E-state index contributed by atoms with van der Waals surface area (Å²) in [6.07, 6.45) is 2.57. The van der Waals surface area contributed by atoms with Gasteiger partial charge in [-0.2, -0.15) is 0 Å². The van der Waals surface area contributed by atoms with Crippen LogP contribution >= 0.6 is 11.6 Å². The second-order valence-electron chi connectivity index (χ2n) is 6.50. The quantitative estimate of drug-likeness (QED) is 0.570. The van der Waals surface area contributed by atoms with Gasteiger partial charge in [0.2, 0.25) is 0 Å². The molecule has 25 heavy (non-hydrogen) atoms. The highest BCUT2D eigenvalue weighted by molar-refractivity contribution is 6.30. The summed E-state index contributed by atoms with van der Waals surface area (Å²) >= 11 is 5.95. The van der Waals surface area contributed by atoms with Gasteiger partial charge in [-0.15, -0.1) is 0 Å². The zero-order chi connectivity index (χ0) is 18.4. The summed E-state index contributed by atoms with van der Waals surface area (Å²) in [5.41, 5.74) is 2.27. The molecule has 1 aromatic heterocycles. The topological polar surface area (TPSA) is 56.1 Å². The summed E-state index contributed by atoms with van der Waals surface area (Å²) in [5.74, 6) is -0.313. The number of esters is 1. The highest BCUT2D eigenvalue weighted by Crippen LogP contribution is 2.21. The van der Waals surface area contributed by atoms with E-state index in [1.165, 1.54) is 5.56 Å². The van der Waals surface area contributed by atoms with Crippen LogP contribution in [-0.2, 0) is 16.8 Å². The van der Waals surface area contributed by atoms with Gasteiger partial charge in [0.15, 0.2) is 0 Å². The van der Waals surface area contributed by atoms with Crippen LogP contribution in [0.3, 0.4) is 0 Å². The Hall–Kier alpha value is -1.85. The minimum Gasteiger partial charge on any atom is -0.461 e. The van der Waals surface area contributed by atoms with E-state index >= 15 is 0 Å². The van der Waals surface area contributed by atoms with E-state index in [1.54, 1.807) is 13.3 Å². The van der Waals surface area contributed by atoms with E-state index in [0.717, 1.165) is 18.0 Å². The third-order valence-corrected chi connectivity index (χ3v) is 4.45. The Morgan fingerprint density at radius 1 is 1.32 bits per heavy atom. The Kier molecular flexibility index (Phi) is 6.62. The molecule has 2 rings (SSSR count). The lowest BCUT2D eigenvalue weighted by molar-refractivity contribution is 0.0512. The molecule has 136 valence electrons. The van der Waals surface area contributed by atoms with Crippen LogP contribution in [0.1, 0.15) is 48.9 Å². The molecule has 0 fully saturated rings. The molecule has 0 saturated heterocycles. The summed E-state index contributed by atoms with van der Waals surface area (Å²) in [6, 6.07) is 7.88. The normalized spacial score (nSPS) is 11.6. The first-order chi connectivity index (χ1) is 11.8. The van der Waals surface area contributed by atoms with Gasteiger partial charge >= 0.3 is 5.97 Å². The number of halogens is 1. The number of imidazole rings is 1. The number of nitrogens with zero attached hydrogens (tertiary/aromatic N) is 2. The highest BCUT2D eigenvalue weighted by atomic mass is 35.5. The molecule has 1 heterocycles. The number of nitrogens with one attached hydrogen (secondary N) is 1. The van der Waals surface area contributed by atoms with Crippen LogP contribution < -0.4 is 5.32 Å². The molecule has 1 N–H and O–H groups in total. The third-order valence-electron chi connectivity index (χ3n) is 4.20. The number of carbonyl (C=O) groups excluding carboxylic acids is 1. The van der Waals surface area contributed by atoms with Crippen molar-refractivity contribution in [3.63, 3.8) is 0 Å². The van der Waals surface area contributed by atoms with Crippen LogP contribution in [0.5, 0.6) is 0 Å². The zero-order valence-corrected chi connectivity index (χ0v) is 16.1. The lowest BCUT2D eigenvalue weighted by Gasteiger charge is -2.27. The number of aryl methyl sites for hydroxylation is 2. The van der Waals surface area contributed by atoms with Gasteiger partial charge in [-0.25, -0.2) is 9.78 Å². The van der Waals surface area contributed by atoms with Gasteiger partial charge in [0.25, 0.3) is 0 Å². The second-order valence-corrected chi connectivity index (χ2v) is 6.94. The maximum atomic E-state index is 12.0. The van der Waals surface area contributed by atoms with Gasteiger partial charge in [-0.3, -0.25) is 0 Å². The molecule has 0 saturated carbocycles. The fourth-order valence-electron chi connectivity index (χ4n) is 2.74. The van der Waals surface area contributed by atoms with Crippen LogP contribution in [0, 0.1) is 6.92 Å². The minimum absolute atomic E-state index is 0.153. The molecule has 0 amide bonds. The van der Waals surface area contributed by atoms with Gasteiger partial charge < -0.3 is 14.6 Å². The summed E-state index contributed by atoms with van der Waals surface area (Å²) in [6.45, 7) is 9.79. The number of benzene rings is 1. The van der Waals surface area contributed by atoms with Crippen LogP contribution in [0.25, 0.3) is 0 Å². The van der Waals surface area contributed by atoms with Crippen LogP contribution in [-0.4, -0.2) is 28.7 Å². The molecule has 1 aromatic carbocycles. The fraction of sp³-hybridized carbons (Fsp3) is 0.474. The Bertz CT molecular complexity index is 708. The Morgan fingerprint density at radius 2 is 2.00 bits per heavy atom. The van der Waals surface area contributed by atoms with E-state index in [9.17, 15) is 4.79 Å². The number of hydrogen-bond donors (Lipinski definition) is 1. The van der Waals surface area contributed by atoms with E-state index < -0.39 is 0 Å². The summed E-state index contributed by atoms with van der Waals surface area (Å²) < 4.78 is 6.97. The first-order valence-electron chi connectivity index (χ1n) is 8.55. The maximum absolute atomic E-state index is 12.0. The van der Waals surface area contributed by atoms with E-state index in [1.807, 2.05) is 35.8 Å². The molecule has 0 aliphatic rings. The average molecular weight is 364 g/mol. The number of ether oxygens (including phenoxy) is 1. The van der Waals surface area contributed by atoms with Gasteiger partial charge in [-0.1, -0.05) is 23.7 Å². The van der Waals surface area contributed by atoms with Crippen molar-refractivity contribution in [3.05, 3.63) is 52.6 Å². The number of aromatic nitrogens is 2. The average Bonchev–Trinajstić information content (AvgIpc) is 2.93. The van der Waals surface area contributed by atoms with Crippen LogP contribution in [0.2, 0.25) is 5.02 Å². The molecule has 0 spiro atoms. The predicted octanol–water partition coefficient (Wildman–Crippen LogP) is 3.94. The van der Waals surface area contributed by atoms with Crippen molar-refractivity contribution in [2.45, 2.75) is 46.2 Å². The fourth-order valence-corrected chi connectivity index (χ4v) is 2.86. The lowest BCUT2D eigenvalue weighted by atomic mass is 9.94. The van der Waals surface area contributed by atoms with Crippen molar-refractivity contribution < 1.29 is 9.53 Å². The predicted molar refractivity (Wildman–Crippen MR) is 100 cm³/mol. The zero-order valence-electron chi connectivity index (χ0n) is 15.3. The van der Waals surface area contributed by atoms with E-state index in [4.69, 9.17) is 16.3 Å². The minimum atomic E-state index is -0.313. The van der Waals surface area contributed by atoms with Crippen molar-refractivity contribution in [2.75, 3.05) is 13.2 Å². The molecule has 0 aliphatic carbocycles. The third kappa shape index (κ3) is 5.06. The molecule has 0 aliphatic heterocycles. The SMILES string of the molecule is CCOC(=O)c1c(C)ncn1CCCNC(C)(C)c1ccc(Cl)cc1. The smallest absolute Gasteiger partial charge is 0.356 e. The summed E-state index contributed by atoms with van der Waals surface area (Å²) in [4.78, 5) is 16.3. The van der Waals surface area contributed by atoms with Crippen molar-refractivity contribution >= 4 is 17.6 Å². The maximum Gasteiger partial charge on any atom is 0.356 e. The first kappa shape index (κ1) is 19.5. The largest absolute Gasteiger partial charge is 0.461 e. The molecule has 2 aromatic rings. The van der Waals surface area contributed by atoms with Crippen LogP contribution in [0.4, 0.5) is 0 Å². The van der Waals surface area contributed by atoms with Gasteiger partial charge in [0.05, 0.1) is 18.6 Å². The molecular formula is C19H26ClN3O2. The van der Waals surface area contributed by atoms with Crippen molar-refractivity contribution in [1.82, 2.24) is 14.9 Å². The Labute approximate surface area is 154 Å².